The van der Waals surface area contributed by atoms with Gasteiger partial charge in [0, 0.05) is 4.47 Å². The van der Waals surface area contributed by atoms with Gasteiger partial charge in [0.25, 0.3) is 0 Å². The molecule has 1 heterocycles. The first-order chi connectivity index (χ1) is 6.68. The minimum absolute atomic E-state index is 0.286. The van der Waals surface area contributed by atoms with Gasteiger partial charge >= 0.3 is 0 Å². The summed E-state index contributed by atoms with van der Waals surface area (Å²) in [6, 6.07) is 5.49. The van der Waals surface area contributed by atoms with Gasteiger partial charge in [-0.25, -0.2) is 0 Å². The molecule has 6 heteroatoms. The van der Waals surface area contributed by atoms with Crippen LogP contribution in [-0.4, -0.2) is 14.8 Å². The van der Waals surface area contributed by atoms with E-state index in [4.69, 9.17) is 23.2 Å². The van der Waals surface area contributed by atoms with E-state index in [0.717, 1.165) is 10.2 Å². The zero-order chi connectivity index (χ0) is 10.1. The average Bonchev–Trinajstić information content (AvgIpc) is 2.52. The Bertz CT molecular complexity index is 469. The average molecular weight is 293 g/mol. The third kappa shape index (κ3) is 1.78. The lowest BCUT2D eigenvalue weighted by Crippen LogP contribution is -1.93. The van der Waals surface area contributed by atoms with Crippen LogP contribution in [-0.2, 0) is 0 Å². The molecule has 0 radical (unpaired) electrons. The van der Waals surface area contributed by atoms with Crippen LogP contribution in [0.5, 0.6) is 0 Å². The van der Waals surface area contributed by atoms with Gasteiger partial charge in [-0.3, -0.25) is 4.57 Å². The van der Waals surface area contributed by atoms with Crippen molar-refractivity contribution >= 4 is 39.1 Å². The van der Waals surface area contributed by atoms with Crippen molar-refractivity contribution in [1.82, 2.24) is 14.8 Å². The van der Waals surface area contributed by atoms with Crippen molar-refractivity contribution in [3.05, 3.63) is 39.3 Å². The second-order valence-corrected chi connectivity index (χ2v) is 4.23. The van der Waals surface area contributed by atoms with Crippen LogP contribution in [0.2, 0.25) is 10.3 Å². The lowest BCUT2D eigenvalue weighted by Gasteiger charge is -2.05. The van der Waals surface area contributed by atoms with E-state index >= 15 is 0 Å². The molecular weight excluding hydrogens is 289 g/mol. The van der Waals surface area contributed by atoms with Crippen LogP contribution in [0, 0.1) is 0 Å². The van der Waals surface area contributed by atoms with Crippen molar-refractivity contribution in [2.45, 2.75) is 0 Å². The first-order valence-corrected chi connectivity index (χ1v) is 5.24. The number of nitrogens with zero attached hydrogens (tertiary/aromatic N) is 3. The Hall–Kier alpha value is -0.580. The zero-order valence-corrected chi connectivity index (χ0v) is 9.88. The summed E-state index contributed by atoms with van der Waals surface area (Å²) in [5, 5.41) is 8.21. The molecule has 0 N–H and O–H groups in total. The molecule has 0 saturated carbocycles. The van der Waals surface area contributed by atoms with Crippen LogP contribution in [0.1, 0.15) is 0 Å². The second kappa shape index (κ2) is 3.88. The van der Waals surface area contributed by atoms with Gasteiger partial charge in [-0.05, 0) is 29.8 Å². The van der Waals surface area contributed by atoms with E-state index in [0.29, 0.717) is 5.02 Å². The molecule has 0 aliphatic heterocycles. The Kier molecular flexibility index (Phi) is 2.76. The number of aromatic nitrogens is 3. The summed E-state index contributed by atoms with van der Waals surface area (Å²) in [6.45, 7) is 0. The first kappa shape index (κ1) is 9.96. The standard InChI is InChI=1S/C8H4BrCl2N3/c9-5-1-2-7(6(10)3-5)14-4-12-13-8(14)11/h1-4H. The topological polar surface area (TPSA) is 30.7 Å². The lowest BCUT2D eigenvalue weighted by molar-refractivity contribution is 1.06. The molecule has 0 atom stereocenters. The summed E-state index contributed by atoms with van der Waals surface area (Å²) in [7, 11) is 0. The van der Waals surface area contributed by atoms with Gasteiger partial charge in [0.05, 0.1) is 10.7 Å². The highest BCUT2D eigenvalue weighted by atomic mass is 79.9. The van der Waals surface area contributed by atoms with E-state index in [1.807, 2.05) is 12.1 Å². The van der Waals surface area contributed by atoms with Gasteiger partial charge in [-0.15, -0.1) is 10.2 Å². The molecule has 0 fully saturated rings. The van der Waals surface area contributed by atoms with Crippen molar-refractivity contribution in [2.75, 3.05) is 0 Å². The van der Waals surface area contributed by atoms with Crippen molar-refractivity contribution in [3.8, 4) is 5.69 Å². The third-order valence-electron chi connectivity index (χ3n) is 1.68. The molecular formula is C8H4BrCl2N3. The molecule has 0 unspecified atom stereocenters. The molecule has 0 spiro atoms. The number of halogens is 3. The van der Waals surface area contributed by atoms with E-state index in [-0.39, 0.29) is 5.28 Å². The van der Waals surface area contributed by atoms with E-state index in [9.17, 15) is 0 Å². The predicted molar refractivity (Wildman–Crippen MR) is 59.1 cm³/mol. The van der Waals surface area contributed by atoms with Gasteiger partial charge in [-0.2, -0.15) is 0 Å². The maximum Gasteiger partial charge on any atom is 0.229 e. The minimum atomic E-state index is 0.286. The predicted octanol–water partition coefficient (Wildman–Crippen LogP) is 3.34. The normalized spacial score (nSPS) is 10.5. The van der Waals surface area contributed by atoms with E-state index < -0.39 is 0 Å². The molecule has 2 aromatic rings. The molecule has 0 saturated heterocycles. The first-order valence-electron chi connectivity index (χ1n) is 3.69. The van der Waals surface area contributed by atoms with Crippen molar-refractivity contribution < 1.29 is 0 Å². The molecule has 72 valence electrons. The summed E-state index contributed by atoms with van der Waals surface area (Å²) >= 11 is 15.2. The largest absolute Gasteiger partial charge is 0.271 e. The van der Waals surface area contributed by atoms with Crippen LogP contribution in [0.3, 0.4) is 0 Å². The van der Waals surface area contributed by atoms with Crippen LogP contribution in [0.4, 0.5) is 0 Å². The summed E-state index contributed by atoms with van der Waals surface area (Å²) in [4.78, 5) is 0. The molecule has 14 heavy (non-hydrogen) atoms. The Morgan fingerprint density at radius 2 is 2.07 bits per heavy atom. The summed E-state index contributed by atoms with van der Waals surface area (Å²) < 4.78 is 2.52. The summed E-state index contributed by atoms with van der Waals surface area (Å²) in [5.74, 6) is 0. The molecule has 0 amide bonds. The quantitative estimate of drug-likeness (QED) is 0.807. The fraction of sp³-hybridized carbons (Fsp3) is 0. The fourth-order valence-corrected chi connectivity index (χ4v) is 2.00. The highest BCUT2D eigenvalue weighted by molar-refractivity contribution is 9.10. The third-order valence-corrected chi connectivity index (χ3v) is 2.73. The minimum Gasteiger partial charge on any atom is -0.271 e. The molecule has 0 aliphatic carbocycles. The summed E-state index contributed by atoms with van der Waals surface area (Å²) in [6.07, 6.45) is 1.51. The molecule has 1 aromatic heterocycles. The zero-order valence-electron chi connectivity index (χ0n) is 6.78. The number of hydrogen-bond acceptors (Lipinski definition) is 2. The molecule has 0 aliphatic rings. The highest BCUT2D eigenvalue weighted by Crippen LogP contribution is 2.25. The van der Waals surface area contributed by atoms with Gasteiger partial charge in [0.2, 0.25) is 5.28 Å². The Morgan fingerprint density at radius 3 is 2.64 bits per heavy atom. The highest BCUT2D eigenvalue weighted by Gasteiger charge is 2.07. The SMILES string of the molecule is Clc1cc(Br)ccc1-n1cnnc1Cl. The van der Waals surface area contributed by atoms with Gasteiger partial charge in [0.15, 0.2) is 0 Å². The van der Waals surface area contributed by atoms with Crippen molar-refractivity contribution in [2.24, 2.45) is 0 Å². The van der Waals surface area contributed by atoms with E-state index in [1.165, 1.54) is 6.33 Å². The van der Waals surface area contributed by atoms with Gasteiger partial charge in [0.1, 0.15) is 6.33 Å². The fourth-order valence-electron chi connectivity index (χ4n) is 1.06. The monoisotopic (exact) mass is 291 g/mol. The molecule has 1 aromatic carbocycles. The smallest absolute Gasteiger partial charge is 0.229 e. The van der Waals surface area contributed by atoms with Crippen molar-refractivity contribution in [3.63, 3.8) is 0 Å². The van der Waals surface area contributed by atoms with Crippen molar-refractivity contribution in [1.29, 1.82) is 0 Å². The molecule has 2 rings (SSSR count). The lowest BCUT2D eigenvalue weighted by atomic mass is 10.3. The Balaban J connectivity index is 2.58. The number of hydrogen-bond donors (Lipinski definition) is 0. The van der Waals surface area contributed by atoms with Gasteiger partial charge < -0.3 is 0 Å². The maximum atomic E-state index is 6.03. The van der Waals surface area contributed by atoms with Crippen LogP contribution < -0.4 is 0 Å². The molecule has 0 bridgehead atoms. The van der Waals surface area contributed by atoms with Gasteiger partial charge in [-0.1, -0.05) is 27.5 Å². The van der Waals surface area contributed by atoms with E-state index in [1.54, 1.807) is 10.6 Å². The molecule has 3 nitrogen and oxygen atoms in total. The Morgan fingerprint density at radius 1 is 1.29 bits per heavy atom. The number of benzene rings is 1. The van der Waals surface area contributed by atoms with E-state index in [2.05, 4.69) is 26.1 Å². The number of rotatable bonds is 1. The maximum absolute atomic E-state index is 6.03. The van der Waals surface area contributed by atoms with Crippen LogP contribution in [0.25, 0.3) is 5.69 Å². The van der Waals surface area contributed by atoms with Crippen LogP contribution in [0.15, 0.2) is 29.0 Å². The Labute approximate surface area is 98.8 Å². The second-order valence-electron chi connectivity index (χ2n) is 2.57. The van der Waals surface area contributed by atoms with Crippen LogP contribution >= 0.6 is 39.1 Å². The summed E-state index contributed by atoms with van der Waals surface area (Å²) in [5.41, 5.74) is 0.755.